The number of nitrogens with zero attached hydrogens (tertiary/aromatic N) is 4. The second-order valence-electron chi connectivity index (χ2n) is 13.5. The van der Waals surface area contributed by atoms with Crippen LogP contribution in [0.25, 0.3) is 10.9 Å². The van der Waals surface area contributed by atoms with Crippen LogP contribution < -0.4 is 16.5 Å². The van der Waals surface area contributed by atoms with Crippen molar-refractivity contribution in [2.24, 2.45) is 5.16 Å². The van der Waals surface area contributed by atoms with E-state index in [0.717, 1.165) is 24.2 Å². The topological polar surface area (TPSA) is 247 Å². The lowest BCUT2D eigenvalue weighted by Crippen LogP contribution is -2.72. The molecule has 3 aromatic rings. The van der Waals surface area contributed by atoms with Gasteiger partial charge >= 0.3 is 11.9 Å². The molecule has 7 N–H and O–H groups in total. The zero-order valence-electron chi connectivity index (χ0n) is 28.7. The Morgan fingerprint density at radius 2 is 1.87 bits per heavy atom. The van der Waals surface area contributed by atoms with Crippen LogP contribution in [-0.4, -0.2) is 113 Å². The number of nitrogens with one attached hydrogen (secondary N) is 2. The normalized spacial score (nSPS) is 21.5. The largest absolute Gasteiger partial charge is 0.504 e. The van der Waals surface area contributed by atoms with Crippen molar-refractivity contribution >= 4 is 68.6 Å². The zero-order valence-corrected chi connectivity index (χ0v) is 30.3. The number of benzene rings is 1. The molecule has 2 amide bonds. The molecule has 0 aliphatic carbocycles. The van der Waals surface area contributed by atoms with E-state index in [-0.39, 0.29) is 44.0 Å². The number of rotatable bonds is 11. The quantitative estimate of drug-likeness (QED) is 0.0407. The molecule has 19 heteroatoms. The minimum Gasteiger partial charge on any atom is -0.504 e. The highest BCUT2D eigenvalue weighted by molar-refractivity contribution is 8.00. The number of aromatic hydroxyl groups is 2. The van der Waals surface area contributed by atoms with Gasteiger partial charge in [-0.2, -0.15) is 0 Å². The minimum absolute atomic E-state index is 0.0201. The molecule has 0 spiro atoms. The minimum atomic E-state index is -1.79. The average Bonchev–Trinajstić information content (AvgIpc) is 3.75. The van der Waals surface area contributed by atoms with Crippen LogP contribution >= 0.6 is 23.1 Å². The van der Waals surface area contributed by atoms with Crippen molar-refractivity contribution in [2.45, 2.75) is 62.4 Å². The molecular weight excluding hydrogens is 719 g/mol. The number of esters is 1. The lowest BCUT2D eigenvalue weighted by Gasteiger charge is -2.51. The fourth-order valence-electron chi connectivity index (χ4n) is 6.66. The van der Waals surface area contributed by atoms with E-state index in [4.69, 9.17) is 15.3 Å². The van der Waals surface area contributed by atoms with Crippen LogP contribution in [0.1, 0.15) is 44.9 Å². The second kappa shape index (κ2) is 13.8. The van der Waals surface area contributed by atoms with Gasteiger partial charge in [0.25, 0.3) is 11.8 Å². The Hall–Kier alpha value is -5.14. The van der Waals surface area contributed by atoms with Crippen molar-refractivity contribution in [1.82, 2.24) is 20.2 Å². The molecule has 3 aliphatic heterocycles. The Morgan fingerprint density at radius 3 is 2.50 bits per heavy atom. The Bertz CT molecular complexity index is 2100. The lowest BCUT2D eigenvalue weighted by atomic mass is 9.99. The number of hydrogen-bond donors (Lipinski definition) is 6. The lowest BCUT2D eigenvalue weighted by molar-refractivity contribution is -0.925. The van der Waals surface area contributed by atoms with E-state index >= 15 is 0 Å². The van der Waals surface area contributed by atoms with Crippen LogP contribution in [0.4, 0.5) is 5.13 Å². The van der Waals surface area contributed by atoms with E-state index in [1.54, 1.807) is 6.20 Å². The first-order valence-electron chi connectivity index (χ1n) is 16.3. The summed E-state index contributed by atoms with van der Waals surface area (Å²) in [6, 6.07) is 1.43. The molecule has 0 unspecified atom stereocenters. The molecule has 0 saturated carbocycles. The number of fused-ring (bicyclic) bond motifs is 2. The maximum absolute atomic E-state index is 13.8. The Labute approximate surface area is 304 Å². The number of anilines is 1. The molecule has 2 saturated heterocycles. The third-order valence-corrected chi connectivity index (χ3v) is 11.7. The Kier molecular flexibility index (Phi) is 9.71. The summed E-state index contributed by atoms with van der Waals surface area (Å²) in [7, 11) is 1.22. The Morgan fingerprint density at radius 1 is 1.17 bits per heavy atom. The van der Waals surface area contributed by atoms with E-state index in [1.165, 1.54) is 55.1 Å². The SMILES string of the molecule is COC(=O)C1=C(C[N+]2(Cc3c[nH]c4cc(O)c(O)cc4c3=O)CCCC2)[C@H](C)S[C@@H]2[C@H](NC(=O)/C(=N\OC(C)(C)C(=O)O)c3csc(N)n3)C(=O)N12. The summed E-state index contributed by atoms with van der Waals surface area (Å²) in [5.41, 5.74) is 4.91. The number of likely N-dealkylation sites (tertiary alicyclic amines) is 1. The van der Waals surface area contributed by atoms with Crippen molar-refractivity contribution in [3.8, 4) is 11.5 Å². The predicted molar refractivity (Wildman–Crippen MR) is 190 cm³/mol. The molecule has 17 nitrogen and oxygen atoms in total. The van der Waals surface area contributed by atoms with Crippen LogP contribution in [0.5, 0.6) is 11.5 Å². The van der Waals surface area contributed by atoms with Crippen molar-refractivity contribution in [3.63, 3.8) is 0 Å². The number of carbonyl (C=O) groups is 4. The fourth-order valence-corrected chi connectivity index (χ4v) is 8.65. The van der Waals surface area contributed by atoms with Crippen molar-refractivity contribution in [1.29, 1.82) is 0 Å². The third kappa shape index (κ3) is 6.66. The van der Waals surface area contributed by atoms with Crippen molar-refractivity contribution < 1.29 is 48.6 Å². The number of oxime groups is 1. The number of ether oxygens (including phenoxy) is 1. The number of H-pyrrole nitrogens is 1. The summed E-state index contributed by atoms with van der Waals surface area (Å²) in [5.74, 6) is -4.23. The van der Waals surface area contributed by atoms with E-state index in [2.05, 4.69) is 20.4 Å². The number of aromatic nitrogens is 2. The summed E-state index contributed by atoms with van der Waals surface area (Å²) in [4.78, 5) is 79.6. The molecule has 2 aromatic heterocycles. The van der Waals surface area contributed by atoms with Gasteiger partial charge in [0.05, 0.1) is 31.3 Å². The fraction of sp³-hybridized carbons (Fsp3) is 0.424. The number of phenols is 2. The molecule has 0 bridgehead atoms. The maximum atomic E-state index is 13.8. The number of thioether (sulfide) groups is 1. The smallest absolute Gasteiger partial charge is 0.355 e. The zero-order chi connectivity index (χ0) is 37.7. The number of phenolic OH excluding ortho intramolecular Hbond substituents is 2. The molecule has 52 heavy (non-hydrogen) atoms. The van der Waals surface area contributed by atoms with Crippen LogP contribution in [0.2, 0.25) is 0 Å². The summed E-state index contributed by atoms with van der Waals surface area (Å²) in [6.45, 7) is 6.45. The van der Waals surface area contributed by atoms with Gasteiger partial charge in [-0.1, -0.05) is 5.16 Å². The Balaban J connectivity index is 1.28. The number of β-lactam (4-membered cyclic amide) rings is 1. The maximum Gasteiger partial charge on any atom is 0.355 e. The molecule has 2 fully saturated rings. The van der Waals surface area contributed by atoms with E-state index in [0.29, 0.717) is 47.3 Å². The number of methoxy groups -OCH3 is 1. The van der Waals surface area contributed by atoms with Crippen molar-refractivity contribution in [2.75, 3.05) is 32.5 Å². The number of aliphatic carboxylic acids is 1. The summed E-state index contributed by atoms with van der Waals surface area (Å²) in [6.07, 6.45) is 3.36. The number of nitrogen functional groups attached to an aromatic ring is 1. The molecule has 0 radical (unpaired) electrons. The molecule has 6 rings (SSSR count). The molecular formula is C33H38N7O10S2+. The average molecular weight is 757 g/mol. The first-order chi connectivity index (χ1) is 24.6. The first kappa shape index (κ1) is 36.6. The molecule has 276 valence electrons. The van der Waals surface area contributed by atoms with Crippen molar-refractivity contribution in [3.05, 3.63) is 56.5 Å². The van der Waals surface area contributed by atoms with Gasteiger partial charge in [0.1, 0.15) is 35.9 Å². The number of hydrogen-bond acceptors (Lipinski definition) is 14. The molecule has 3 atom stereocenters. The van der Waals surface area contributed by atoms with E-state index in [9.17, 15) is 39.3 Å². The summed E-state index contributed by atoms with van der Waals surface area (Å²) < 4.78 is 5.60. The van der Waals surface area contributed by atoms with Gasteiger partial charge in [0, 0.05) is 46.7 Å². The predicted octanol–water partition coefficient (Wildman–Crippen LogP) is 1.59. The van der Waals surface area contributed by atoms with Gasteiger partial charge in [-0.3, -0.25) is 19.3 Å². The van der Waals surface area contributed by atoms with Gasteiger partial charge in [-0.15, -0.1) is 23.1 Å². The number of carbonyl (C=O) groups excluding carboxylic acids is 3. The van der Waals surface area contributed by atoms with Crippen LogP contribution in [-0.2, 0) is 35.3 Å². The highest BCUT2D eigenvalue weighted by Gasteiger charge is 2.57. The standard InChI is InChI=1S/C33H37N7O10S2/c1-15-18(13-40(7-5-6-8-40)12-16-11-35-19-10-22(42)21(41)9-17(19)26(16)43)25(30(46)49-4)39-28(45)24(29(39)52-15)37-27(44)23(20-14-51-32(34)36-20)38-50-33(2,3)31(47)48/h9-11,14-15,24,29H,5-8,12-13H2,1-4H3,(H6-,34,35,36,37,38,41,42,43,44,47,48)/p+1/t15-,24+,29+/m0/s1. The first-order valence-corrected chi connectivity index (χ1v) is 18.1. The number of pyridine rings is 1. The number of aromatic amines is 1. The number of quaternary nitrogens is 1. The monoisotopic (exact) mass is 756 g/mol. The summed E-state index contributed by atoms with van der Waals surface area (Å²) in [5, 5.41) is 36.7. The number of nitrogens with two attached hydrogens (primary N) is 1. The number of thiazole rings is 1. The van der Waals surface area contributed by atoms with Gasteiger partial charge in [0.2, 0.25) is 5.60 Å². The number of amides is 2. The van der Waals surface area contributed by atoms with Gasteiger partial charge < -0.3 is 45.4 Å². The highest BCUT2D eigenvalue weighted by atomic mass is 32.2. The van der Waals surface area contributed by atoms with Gasteiger partial charge in [-0.25, -0.2) is 14.6 Å². The van der Waals surface area contributed by atoms with E-state index in [1.807, 2.05) is 6.92 Å². The van der Waals surface area contributed by atoms with Crippen LogP contribution in [0, 0.1) is 0 Å². The third-order valence-electron chi connectivity index (χ3n) is 9.53. The van der Waals surface area contributed by atoms with Gasteiger partial charge in [0.15, 0.2) is 27.8 Å². The highest BCUT2D eigenvalue weighted by Crippen LogP contribution is 2.45. The second-order valence-corrected chi connectivity index (χ2v) is 15.8. The van der Waals surface area contributed by atoms with Crippen LogP contribution in [0.3, 0.4) is 0 Å². The summed E-state index contributed by atoms with van der Waals surface area (Å²) >= 11 is 2.40. The van der Waals surface area contributed by atoms with Gasteiger partial charge in [-0.05, 0) is 26.8 Å². The van der Waals surface area contributed by atoms with E-state index < -0.39 is 46.5 Å². The molecule has 3 aliphatic rings. The molecule has 1 aromatic carbocycles. The number of carboxylic acid groups (broad SMARTS) is 1. The molecule has 5 heterocycles. The number of carboxylic acids is 1. The van der Waals surface area contributed by atoms with Crippen LogP contribution in [0.15, 0.2) is 44.9 Å².